The van der Waals surface area contributed by atoms with Crippen molar-refractivity contribution in [3.8, 4) is 0 Å². The molecule has 0 fully saturated rings. The van der Waals surface area contributed by atoms with Gasteiger partial charge in [0.05, 0.1) is 6.04 Å². The Morgan fingerprint density at radius 2 is 2.18 bits per heavy atom. The van der Waals surface area contributed by atoms with Crippen molar-refractivity contribution in [2.45, 2.75) is 19.9 Å². The van der Waals surface area contributed by atoms with Gasteiger partial charge >= 0.3 is 0 Å². The molecule has 5 nitrogen and oxygen atoms in total. The standard InChI is InChI=1S/C11H14ClN5/c1-7(11-13-4-5-17(11)3)14-10-6-9(12)15-8(2)16-10/h4-7H,1-3H3,(H,14,15,16). The molecule has 0 aromatic carbocycles. The number of hydrogen-bond donors (Lipinski definition) is 1. The summed E-state index contributed by atoms with van der Waals surface area (Å²) in [4.78, 5) is 12.6. The smallest absolute Gasteiger partial charge is 0.134 e. The molecule has 17 heavy (non-hydrogen) atoms. The highest BCUT2D eigenvalue weighted by atomic mass is 35.5. The van der Waals surface area contributed by atoms with Gasteiger partial charge in [-0.1, -0.05) is 11.6 Å². The highest BCUT2D eigenvalue weighted by Gasteiger charge is 2.11. The third-order valence-corrected chi connectivity index (χ3v) is 2.61. The second-order valence-corrected chi connectivity index (χ2v) is 4.27. The molecule has 2 rings (SSSR count). The Labute approximate surface area is 105 Å². The van der Waals surface area contributed by atoms with E-state index in [0.29, 0.717) is 16.8 Å². The Balaban J connectivity index is 2.18. The van der Waals surface area contributed by atoms with Crippen molar-refractivity contribution < 1.29 is 0 Å². The molecule has 0 aliphatic carbocycles. The van der Waals surface area contributed by atoms with Crippen LogP contribution < -0.4 is 5.32 Å². The number of aromatic nitrogens is 4. The van der Waals surface area contributed by atoms with Crippen molar-refractivity contribution in [3.05, 3.63) is 35.3 Å². The van der Waals surface area contributed by atoms with Crippen LogP contribution in [-0.4, -0.2) is 19.5 Å². The number of nitrogens with one attached hydrogen (secondary N) is 1. The van der Waals surface area contributed by atoms with Crippen LogP contribution in [0.5, 0.6) is 0 Å². The van der Waals surface area contributed by atoms with E-state index in [0.717, 1.165) is 5.82 Å². The zero-order chi connectivity index (χ0) is 12.4. The predicted molar refractivity (Wildman–Crippen MR) is 67.0 cm³/mol. The van der Waals surface area contributed by atoms with Crippen molar-refractivity contribution in [2.24, 2.45) is 7.05 Å². The number of hydrogen-bond acceptors (Lipinski definition) is 4. The molecular formula is C11H14ClN5. The van der Waals surface area contributed by atoms with Crippen LogP contribution >= 0.6 is 11.6 Å². The zero-order valence-electron chi connectivity index (χ0n) is 9.98. The van der Waals surface area contributed by atoms with Crippen molar-refractivity contribution in [1.82, 2.24) is 19.5 Å². The molecule has 0 spiro atoms. The van der Waals surface area contributed by atoms with E-state index in [1.54, 1.807) is 12.3 Å². The van der Waals surface area contributed by atoms with E-state index in [-0.39, 0.29) is 6.04 Å². The minimum Gasteiger partial charge on any atom is -0.360 e. The molecule has 2 heterocycles. The highest BCUT2D eigenvalue weighted by Crippen LogP contribution is 2.18. The van der Waals surface area contributed by atoms with Crippen molar-refractivity contribution in [1.29, 1.82) is 0 Å². The lowest BCUT2D eigenvalue weighted by molar-refractivity contribution is 0.718. The SMILES string of the molecule is Cc1nc(Cl)cc(NC(C)c2nccn2C)n1. The maximum Gasteiger partial charge on any atom is 0.134 e. The molecule has 0 amide bonds. The molecule has 6 heteroatoms. The van der Waals surface area contributed by atoms with Gasteiger partial charge in [-0.2, -0.15) is 0 Å². The van der Waals surface area contributed by atoms with Gasteiger partial charge in [-0.05, 0) is 13.8 Å². The van der Waals surface area contributed by atoms with E-state index in [9.17, 15) is 0 Å². The van der Waals surface area contributed by atoms with Crippen LogP contribution in [0, 0.1) is 6.92 Å². The first kappa shape index (κ1) is 11.9. The number of rotatable bonds is 3. The lowest BCUT2D eigenvalue weighted by Gasteiger charge is -2.14. The number of aryl methyl sites for hydroxylation is 2. The number of imidazole rings is 1. The molecule has 0 bridgehead atoms. The van der Waals surface area contributed by atoms with Crippen LogP contribution in [0.3, 0.4) is 0 Å². The summed E-state index contributed by atoms with van der Waals surface area (Å²) in [5, 5.41) is 3.68. The fourth-order valence-corrected chi connectivity index (χ4v) is 1.91. The number of anilines is 1. The first-order valence-electron chi connectivity index (χ1n) is 5.31. The normalized spacial score (nSPS) is 12.5. The summed E-state index contributed by atoms with van der Waals surface area (Å²) in [6, 6.07) is 1.76. The lowest BCUT2D eigenvalue weighted by Crippen LogP contribution is -2.13. The van der Waals surface area contributed by atoms with Gasteiger partial charge in [-0.15, -0.1) is 0 Å². The monoisotopic (exact) mass is 251 g/mol. The molecule has 0 saturated heterocycles. The second kappa shape index (κ2) is 4.71. The predicted octanol–water partition coefficient (Wildman–Crippen LogP) is 2.35. The van der Waals surface area contributed by atoms with Gasteiger partial charge in [0.25, 0.3) is 0 Å². The van der Waals surface area contributed by atoms with E-state index in [1.807, 2.05) is 31.7 Å². The van der Waals surface area contributed by atoms with Gasteiger partial charge in [0.15, 0.2) is 0 Å². The number of nitrogens with zero attached hydrogens (tertiary/aromatic N) is 4. The first-order chi connectivity index (χ1) is 8.06. The second-order valence-electron chi connectivity index (χ2n) is 3.89. The molecule has 2 aromatic heterocycles. The molecule has 0 aliphatic rings. The third-order valence-electron chi connectivity index (χ3n) is 2.42. The Kier molecular flexibility index (Phi) is 3.28. The number of halogens is 1. The van der Waals surface area contributed by atoms with E-state index >= 15 is 0 Å². The van der Waals surface area contributed by atoms with E-state index in [2.05, 4.69) is 20.3 Å². The Morgan fingerprint density at radius 3 is 2.76 bits per heavy atom. The molecule has 1 N–H and O–H groups in total. The average Bonchev–Trinajstić information content (AvgIpc) is 2.62. The Morgan fingerprint density at radius 1 is 1.41 bits per heavy atom. The summed E-state index contributed by atoms with van der Waals surface area (Å²) in [5.41, 5.74) is 0. The molecule has 90 valence electrons. The van der Waals surface area contributed by atoms with Gasteiger partial charge in [-0.25, -0.2) is 15.0 Å². The topological polar surface area (TPSA) is 55.6 Å². The molecule has 2 aromatic rings. The summed E-state index contributed by atoms with van der Waals surface area (Å²) in [6.07, 6.45) is 3.68. The average molecular weight is 252 g/mol. The summed E-state index contributed by atoms with van der Waals surface area (Å²) in [5.74, 6) is 2.29. The summed E-state index contributed by atoms with van der Waals surface area (Å²) in [6.45, 7) is 3.83. The highest BCUT2D eigenvalue weighted by molar-refractivity contribution is 6.29. The largest absolute Gasteiger partial charge is 0.360 e. The summed E-state index contributed by atoms with van der Waals surface area (Å²) < 4.78 is 1.97. The van der Waals surface area contributed by atoms with Crippen LogP contribution in [-0.2, 0) is 7.05 Å². The van der Waals surface area contributed by atoms with Gasteiger partial charge in [0.1, 0.15) is 22.6 Å². The summed E-state index contributed by atoms with van der Waals surface area (Å²) >= 11 is 5.88. The first-order valence-corrected chi connectivity index (χ1v) is 5.69. The maximum absolute atomic E-state index is 5.88. The fraction of sp³-hybridized carbons (Fsp3) is 0.364. The van der Waals surface area contributed by atoms with Crippen LogP contribution in [0.25, 0.3) is 0 Å². The van der Waals surface area contributed by atoms with Crippen LogP contribution in [0.2, 0.25) is 5.15 Å². The lowest BCUT2D eigenvalue weighted by atomic mass is 10.3. The minimum absolute atomic E-state index is 0.0559. The molecule has 1 unspecified atom stereocenters. The Bertz CT molecular complexity index is 502. The van der Waals surface area contributed by atoms with Crippen LogP contribution in [0.1, 0.15) is 24.6 Å². The summed E-state index contributed by atoms with van der Waals surface area (Å²) in [7, 11) is 1.96. The van der Waals surface area contributed by atoms with Crippen LogP contribution in [0.15, 0.2) is 18.5 Å². The van der Waals surface area contributed by atoms with Gasteiger partial charge in [0.2, 0.25) is 0 Å². The maximum atomic E-state index is 5.88. The molecular weight excluding hydrogens is 238 g/mol. The fourth-order valence-electron chi connectivity index (χ4n) is 1.69. The zero-order valence-corrected chi connectivity index (χ0v) is 10.7. The van der Waals surface area contributed by atoms with Gasteiger partial charge in [0, 0.05) is 25.5 Å². The molecule has 1 atom stereocenters. The van der Waals surface area contributed by atoms with Crippen molar-refractivity contribution in [2.75, 3.05) is 5.32 Å². The van der Waals surface area contributed by atoms with E-state index in [4.69, 9.17) is 11.6 Å². The van der Waals surface area contributed by atoms with Crippen molar-refractivity contribution in [3.63, 3.8) is 0 Å². The molecule has 0 saturated carbocycles. The minimum atomic E-state index is 0.0559. The molecule has 0 aliphatic heterocycles. The van der Waals surface area contributed by atoms with E-state index < -0.39 is 0 Å². The van der Waals surface area contributed by atoms with E-state index in [1.165, 1.54) is 0 Å². The van der Waals surface area contributed by atoms with Gasteiger partial charge in [-0.3, -0.25) is 0 Å². The van der Waals surface area contributed by atoms with Crippen molar-refractivity contribution >= 4 is 17.4 Å². The van der Waals surface area contributed by atoms with Crippen LogP contribution in [0.4, 0.5) is 5.82 Å². The quantitative estimate of drug-likeness (QED) is 0.851. The third kappa shape index (κ3) is 2.74. The molecule has 0 radical (unpaired) electrons. The van der Waals surface area contributed by atoms with Gasteiger partial charge < -0.3 is 9.88 Å². The Hall–Kier alpha value is -1.62.